The molecular formula is C13H21BrN2. The van der Waals surface area contributed by atoms with Gasteiger partial charge in [0, 0.05) is 29.3 Å². The van der Waals surface area contributed by atoms with Crippen LogP contribution in [0.4, 0.5) is 5.69 Å². The molecule has 0 aliphatic carbocycles. The molecule has 0 aliphatic rings. The minimum absolute atomic E-state index is 0.552. The third kappa shape index (κ3) is 2.98. The summed E-state index contributed by atoms with van der Waals surface area (Å²) < 4.78 is 1.09. The van der Waals surface area contributed by atoms with Crippen molar-refractivity contribution in [1.29, 1.82) is 0 Å². The maximum Gasteiger partial charge on any atom is 0.0414 e. The zero-order valence-electron chi connectivity index (χ0n) is 10.3. The van der Waals surface area contributed by atoms with Gasteiger partial charge in [-0.2, -0.15) is 0 Å². The zero-order chi connectivity index (χ0) is 12.1. The standard InChI is InChI=1S/C13H21BrN2/c1-4-10(3)16(5-2)13-7-6-12(14)8-11(13)9-15/h6-8,10H,4-5,9,15H2,1-3H3. The predicted octanol–water partition coefficient (Wildman–Crippen LogP) is 3.53. The summed E-state index contributed by atoms with van der Waals surface area (Å²) in [6.07, 6.45) is 1.15. The Bertz CT molecular complexity index is 339. The molecule has 90 valence electrons. The third-order valence-electron chi connectivity index (χ3n) is 3.03. The molecule has 0 saturated carbocycles. The molecule has 0 fully saturated rings. The summed E-state index contributed by atoms with van der Waals surface area (Å²) in [5.74, 6) is 0. The van der Waals surface area contributed by atoms with Crippen molar-refractivity contribution in [2.75, 3.05) is 11.4 Å². The van der Waals surface area contributed by atoms with Crippen LogP contribution in [0.3, 0.4) is 0 Å². The van der Waals surface area contributed by atoms with Crippen molar-refractivity contribution in [3.8, 4) is 0 Å². The van der Waals surface area contributed by atoms with Gasteiger partial charge in [-0.15, -0.1) is 0 Å². The lowest BCUT2D eigenvalue weighted by molar-refractivity contribution is 0.627. The van der Waals surface area contributed by atoms with Crippen LogP contribution >= 0.6 is 15.9 Å². The third-order valence-corrected chi connectivity index (χ3v) is 3.53. The molecule has 1 rings (SSSR count). The van der Waals surface area contributed by atoms with Crippen molar-refractivity contribution < 1.29 is 0 Å². The SMILES string of the molecule is CCC(C)N(CC)c1ccc(Br)cc1CN. The molecule has 2 nitrogen and oxygen atoms in total. The summed E-state index contributed by atoms with van der Waals surface area (Å²) in [6.45, 7) is 8.26. The Morgan fingerprint density at radius 3 is 2.56 bits per heavy atom. The molecule has 0 radical (unpaired) electrons. The quantitative estimate of drug-likeness (QED) is 0.896. The van der Waals surface area contributed by atoms with Gasteiger partial charge in [0.2, 0.25) is 0 Å². The van der Waals surface area contributed by atoms with Gasteiger partial charge in [-0.1, -0.05) is 22.9 Å². The molecule has 0 heterocycles. The number of hydrogen-bond acceptors (Lipinski definition) is 2. The minimum atomic E-state index is 0.552. The van der Waals surface area contributed by atoms with E-state index in [2.05, 4.69) is 59.8 Å². The van der Waals surface area contributed by atoms with Crippen molar-refractivity contribution in [2.45, 2.75) is 39.8 Å². The molecule has 0 aliphatic heterocycles. The largest absolute Gasteiger partial charge is 0.369 e. The van der Waals surface area contributed by atoms with E-state index in [0.717, 1.165) is 17.4 Å². The van der Waals surface area contributed by atoms with E-state index in [1.54, 1.807) is 0 Å². The molecule has 0 saturated heterocycles. The van der Waals surface area contributed by atoms with E-state index in [-0.39, 0.29) is 0 Å². The predicted molar refractivity (Wildman–Crippen MR) is 74.8 cm³/mol. The monoisotopic (exact) mass is 284 g/mol. The lowest BCUT2D eigenvalue weighted by Crippen LogP contribution is -2.33. The molecule has 1 aromatic carbocycles. The van der Waals surface area contributed by atoms with E-state index in [0.29, 0.717) is 12.6 Å². The first-order chi connectivity index (χ1) is 7.63. The van der Waals surface area contributed by atoms with E-state index in [1.807, 2.05) is 0 Å². The highest BCUT2D eigenvalue weighted by atomic mass is 79.9. The molecule has 0 bridgehead atoms. The fourth-order valence-corrected chi connectivity index (χ4v) is 2.35. The summed E-state index contributed by atoms with van der Waals surface area (Å²) in [5.41, 5.74) is 8.28. The fraction of sp³-hybridized carbons (Fsp3) is 0.538. The van der Waals surface area contributed by atoms with Crippen LogP contribution in [0.25, 0.3) is 0 Å². The summed E-state index contributed by atoms with van der Waals surface area (Å²) in [5, 5.41) is 0. The second-order valence-corrected chi connectivity index (χ2v) is 4.94. The van der Waals surface area contributed by atoms with Crippen LogP contribution in [0, 0.1) is 0 Å². The molecular weight excluding hydrogens is 264 g/mol. The van der Waals surface area contributed by atoms with Gasteiger partial charge in [0.05, 0.1) is 0 Å². The maximum atomic E-state index is 5.81. The highest BCUT2D eigenvalue weighted by Crippen LogP contribution is 2.26. The van der Waals surface area contributed by atoms with Gasteiger partial charge in [0.15, 0.2) is 0 Å². The van der Waals surface area contributed by atoms with Gasteiger partial charge >= 0.3 is 0 Å². The number of nitrogens with two attached hydrogens (primary N) is 1. The summed E-state index contributed by atoms with van der Waals surface area (Å²) >= 11 is 3.49. The Kier molecular flexibility index (Phi) is 5.29. The first-order valence-corrected chi connectivity index (χ1v) is 6.68. The maximum absolute atomic E-state index is 5.81. The number of rotatable bonds is 5. The smallest absolute Gasteiger partial charge is 0.0414 e. The van der Waals surface area contributed by atoms with Gasteiger partial charge in [-0.05, 0) is 44.0 Å². The van der Waals surface area contributed by atoms with E-state index < -0.39 is 0 Å². The fourth-order valence-electron chi connectivity index (χ4n) is 1.94. The number of nitrogens with zero attached hydrogens (tertiary/aromatic N) is 1. The van der Waals surface area contributed by atoms with E-state index in [1.165, 1.54) is 11.3 Å². The average molecular weight is 285 g/mol. The average Bonchev–Trinajstić information content (AvgIpc) is 2.31. The first kappa shape index (κ1) is 13.5. The van der Waals surface area contributed by atoms with Crippen molar-refractivity contribution >= 4 is 21.6 Å². The first-order valence-electron chi connectivity index (χ1n) is 5.89. The molecule has 1 aromatic rings. The zero-order valence-corrected chi connectivity index (χ0v) is 11.9. The van der Waals surface area contributed by atoms with E-state index >= 15 is 0 Å². The number of anilines is 1. The molecule has 0 spiro atoms. The summed E-state index contributed by atoms with van der Waals surface area (Å²) in [7, 11) is 0. The Hall–Kier alpha value is -0.540. The lowest BCUT2D eigenvalue weighted by atomic mass is 10.1. The van der Waals surface area contributed by atoms with Gasteiger partial charge in [0.25, 0.3) is 0 Å². The lowest BCUT2D eigenvalue weighted by Gasteiger charge is -2.31. The van der Waals surface area contributed by atoms with Crippen LogP contribution in [0.1, 0.15) is 32.8 Å². The van der Waals surface area contributed by atoms with Crippen molar-refractivity contribution in [1.82, 2.24) is 0 Å². The van der Waals surface area contributed by atoms with Crippen molar-refractivity contribution in [2.24, 2.45) is 5.73 Å². The number of benzene rings is 1. The van der Waals surface area contributed by atoms with Crippen LogP contribution < -0.4 is 10.6 Å². The summed E-state index contributed by atoms with van der Waals surface area (Å²) in [4.78, 5) is 2.41. The second kappa shape index (κ2) is 6.26. The van der Waals surface area contributed by atoms with Crippen molar-refractivity contribution in [3.05, 3.63) is 28.2 Å². The van der Waals surface area contributed by atoms with Crippen molar-refractivity contribution in [3.63, 3.8) is 0 Å². The molecule has 1 atom stereocenters. The normalized spacial score (nSPS) is 12.6. The number of halogens is 1. The Balaban J connectivity index is 3.08. The number of hydrogen-bond donors (Lipinski definition) is 1. The molecule has 2 N–H and O–H groups in total. The Morgan fingerprint density at radius 2 is 2.06 bits per heavy atom. The second-order valence-electron chi connectivity index (χ2n) is 4.02. The molecule has 0 aromatic heterocycles. The minimum Gasteiger partial charge on any atom is -0.369 e. The highest BCUT2D eigenvalue weighted by molar-refractivity contribution is 9.10. The Labute approximate surface area is 107 Å². The summed E-state index contributed by atoms with van der Waals surface area (Å²) in [6, 6.07) is 6.90. The molecule has 0 amide bonds. The van der Waals surface area contributed by atoms with Gasteiger partial charge < -0.3 is 10.6 Å². The molecule has 1 unspecified atom stereocenters. The topological polar surface area (TPSA) is 29.3 Å². The Morgan fingerprint density at radius 1 is 1.38 bits per heavy atom. The van der Waals surface area contributed by atoms with Gasteiger partial charge in [-0.25, -0.2) is 0 Å². The van der Waals surface area contributed by atoms with E-state index in [4.69, 9.17) is 5.73 Å². The van der Waals surface area contributed by atoms with Gasteiger partial charge in [-0.3, -0.25) is 0 Å². The van der Waals surface area contributed by atoms with Crippen LogP contribution in [0.5, 0.6) is 0 Å². The van der Waals surface area contributed by atoms with Gasteiger partial charge in [0.1, 0.15) is 0 Å². The molecule has 3 heteroatoms. The van der Waals surface area contributed by atoms with Crippen LogP contribution in [0.2, 0.25) is 0 Å². The van der Waals surface area contributed by atoms with E-state index in [9.17, 15) is 0 Å². The highest BCUT2D eigenvalue weighted by Gasteiger charge is 2.14. The van der Waals surface area contributed by atoms with Crippen LogP contribution in [-0.4, -0.2) is 12.6 Å². The van der Waals surface area contributed by atoms with Crippen LogP contribution in [-0.2, 0) is 6.54 Å². The van der Waals surface area contributed by atoms with Crippen LogP contribution in [0.15, 0.2) is 22.7 Å². The molecule has 16 heavy (non-hydrogen) atoms.